The Labute approximate surface area is 144 Å². The zero-order valence-electron chi connectivity index (χ0n) is 12.3. The van der Waals surface area contributed by atoms with Gasteiger partial charge in [-0.1, -0.05) is 31.2 Å². The predicted octanol–water partition coefficient (Wildman–Crippen LogP) is 5.16. The van der Waals surface area contributed by atoms with Gasteiger partial charge in [0.2, 0.25) is 5.69 Å². The highest BCUT2D eigenvalue weighted by molar-refractivity contribution is 14.1. The summed E-state index contributed by atoms with van der Waals surface area (Å²) in [6, 6.07) is 4.71. The second-order valence-electron chi connectivity index (χ2n) is 6.07. The molecule has 0 radical (unpaired) electrons. The maximum atomic E-state index is 7.16. The Balaban J connectivity index is 2.19. The van der Waals surface area contributed by atoms with E-state index in [1.54, 1.807) is 16.8 Å². The molecule has 0 saturated heterocycles. The summed E-state index contributed by atoms with van der Waals surface area (Å²) in [5.41, 5.74) is 1.34. The molecule has 112 valence electrons. The molecule has 21 heavy (non-hydrogen) atoms. The molecular formula is C14H17ClIN3OSi. The molecule has 0 amide bonds. The van der Waals surface area contributed by atoms with Crippen LogP contribution in [0.4, 0.5) is 5.69 Å². The zero-order chi connectivity index (χ0) is 15.6. The third-order valence-corrected chi connectivity index (χ3v) is 5.91. The lowest BCUT2D eigenvalue weighted by atomic mass is 10.2. The SMILES string of the molecule is [C-]#[N+]c1cc2c(cc1Cl)c(I)nn2COCC[Si](C)(C)C. The van der Waals surface area contributed by atoms with Crippen molar-refractivity contribution in [3.63, 3.8) is 0 Å². The van der Waals surface area contributed by atoms with Crippen LogP contribution in [0.3, 0.4) is 0 Å². The van der Waals surface area contributed by atoms with Gasteiger partial charge in [-0.15, -0.1) is 0 Å². The van der Waals surface area contributed by atoms with E-state index >= 15 is 0 Å². The molecule has 0 bridgehead atoms. The van der Waals surface area contributed by atoms with E-state index < -0.39 is 8.07 Å². The Morgan fingerprint density at radius 2 is 2.14 bits per heavy atom. The minimum absolute atomic E-state index is 0.406. The Bertz CT molecular complexity index is 703. The molecule has 4 nitrogen and oxygen atoms in total. The van der Waals surface area contributed by atoms with E-state index in [4.69, 9.17) is 22.9 Å². The van der Waals surface area contributed by atoms with Gasteiger partial charge in [-0.25, -0.2) is 9.53 Å². The van der Waals surface area contributed by atoms with Gasteiger partial charge in [0.15, 0.2) is 0 Å². The molecule has 0 aliphatic carbocycles. The van der Waals surface area contributed by atoms with Gasteiger partial charge in [-0.05, 0) is 40.8 Å². The lowest BCUT2D eigenvalue weighted by Gasteiger charge is -2.15. The Morgan fingerprint density at radius 1 is 1.43 bits per heavy atom. The van der Waals surface area contributed by atoms with Gasteiger partial charge < -0.3 is 4.74 Å². The zero-order valence-corrected chi connectivity index (χ0v) is 16.2. The second-order valence-corrected chi connectivity index (χ2v) is 13.1. The maximum absolute atomic E-state index is 7.16. The number of ether oxygens (including phenoxy) is 1. The number of aromatic nitrogens is 2. The summed E-state index contributed by atoms with van der Waals surface area (Å²) in [6.07, 6.45) is 0. The molecule has 1 aromatic carbocycles. The van der Waals surface area contributed by atoms with Gasteiger partial charge in [-0.2, -0.15) is 5.10 Å². The van der Waals surface area contributed by atoms with Crippen molar-refractivity contribution in [2.45, 2.75) is 32.4 Å². The molecule has 7 heteroatoms. The summed E-state index contributed by atoms with van der Waals surface area (Å²) in [5.74, 6) is 0. The van der Waals surface area contributed by atoms with Crippen molar-refractivity contribution >= 4 is 58.9 Å². The molecule has 0 unspecified atom stereocenters. The molecule has 0 aliphatic rings. The number of hydrogen-bond acceptors (Lipinski definition) is 2. The van der Waals surface area contributed by atoms with Gasteiger partial charge >= 0.3 is 0 Å². The van der Waals surface area contributed by atoms with Crippen LogP contribution in [0.2, 0.25) is 30.7 Å². The largest absolute Gasteiger partial charge is 0.360 e. The third-order valence-electron chi connectivity index (χ3n) is 3.10. The molecule has 0 atom stereocenters. The standard InChI is InChI=1S/C14H17ClIN3OSi/c1-17-12-8-13-10(7-11(12)15)14(16)18-19(13)9-20-5-6-21(2,3)4/h7-8H,5-6,9H2,2-4H3. The van der Waals surface area contributed by atoms with Crippen LogP contribution in [0.1, 0.15) is 0 Å². The summed E-state index contributed by atoms with van der Waals surface area (Å²) >= 11 is 8.26. The summed E-state index contributed by atoms with van der Waals surface area (Å²) in [7, 11) is -1.08. The molecule has 0 saturated carbocycles. The van der Waals surface area contributed by atoms with Crippen LogP contribution < -0.4 is 0 Å². The number of halogens is 2. The highest BCUT2D eigenvalue weighted by atomic mass is 127. The van der Waals surface area contributed by atoms with Crippen LogP contribution in [0.5, 0.6) is 0 Å². The molecule has 1 heterocycles. The maximum Gasteiger partial charge on any atom is 0.207 e. The number of fused-ring (bicyclic) bond motifs is 1. The van der Waals surface area contributed by atoms with Gasteiger partial charge in [0.25, 0.3) is 0 Å². The van der Waals surface area contributed by atoms with Crippen LogP contribution >= 0.6 is 34.2 Å². The van der Waals surface area contributed by atoms with Crippen molar-refractivity contribution in [1.29, 1.82) is 0 Å². The van der Waals surface area contributed by atoms with Crippen molar-refractivity contribution in [1.82, 2.24) is 9.78 Å². The van der Waals surface area contributed by atoms with Crippen LogP contribution in [-0.2, 0) is 11.5 Å². The molecule has 0 N–H and O–H groups in total. The fourth-order valence-electron chi connectivity index (χ4n) is 1.86. The van der Waals surface area contributed by atoms with Gasteiger partial charge in [0, 0.05) is 25.1 Å². The lowest BCUT2D eigenvalue weighted by molar-refractivity contribution is 0.0814. The van der Waals surface area contributed by atoms with Crippen molar-refractivity contribution in [2.24, 2.45) is 0 Å². The van der Waals surface area contributed by atoms with Crippen LogP contribution in [0.15, 0.2) is 12.1 Å². The quantitative estimate of drug-likeness (QED) is 0.282. The molecule has 0 aliphatic heterocycles. The fourth-order valence-corrected chi connectivity index (χ4v) is 3.51. The van der Waals surface area contributed by atoms with Crippen molar-refractivity contribution in [2.75, 3.05) is 6.61 Å². The average Bonchev–Trinajstić information content (AvgIpc) is 2.69. The first-order chi connectivity index (χ1) is 9.81. The molecule has 0 spiro atoms. The van der Waals surface area contributed by atoms with E-state index in [2.05, 4.69) is 52.2 Å². The smallest absolute Gasteiger partial charge is 0.207 e. The highest BCUT2D eigenvalue weighted by Gasteiger charge is 2.14. The molecule has 0 fully saturated rings. The van der Waals surface area contributed by atoms with E-state index in [0.717, 1.165) is 27.3 Å². The highest BCUT2D eigenvalue weighted by Crippen LogP contribution is 2.32. The molecule has 2 aromatic rings. The fraction of sp³-hybridized carbons (Fsp3) is 0.429. The normalized spacial score (nSPS) is 11.8. The first kappa shape index (κ1) is 16.7. The van der Waals surface area contributed by atoms with Gasteiger partial charge in [0.1, 0.15) is 10.4 Å². The Kier molecular flexibility index (Phi) is 5.30. The average molecular weight is 434 g/mol. The lowest BCUT2D eigenvalue weighted by Crippen LogP contribution is -2.22. The van der Waals surface area contributed by atoms with Crippen LogP contribution in [-0.4, -0.2) is 24.5 Å². The summed E-state index contributed by atoms with van der Waals surface area (Å²) in [4.78, 5) is 3.44. The molecule has 2 rings (SSSR count). The summed E-state index contributed by atoms with van der Waals surface area (Å²) < 4.78 is 8.41. The predicted molar refractivity (Wildman–Crippen MR) is 97.8 cm³/mol. The van der Waals surface area contributed by atoms with Crippen molar-refractivity contribution in [3.8, 4) is 0 Å². The molecule has 1 aromatic heterocycles. The first-order valence-corrected chi connectivity index (χ1v) is 11.8. The van der Waals surface area contributed by atoms with Crippen LogP contribution in [0.25, 0.3) is 15.7 Å². The number of hydrogen-bond donors (Lipinski definition) is 0. The number of nitrogens with zero attached hydrogens (tertiary/aromatic N) is 3. The van der Waals surface area contributed by atoms with E-state index in [1.165, 1.54) is 0 Å². The summed E-state index contributed by atoms with van der Waals surface area (Å²) in [6.45, 7) is 15.3. The minimum atomic E-state index is -1.08. The topological polar surface area (TPSA) is 31.4 Å². The second kappa shape index (κ2) is 6.65. The van der Waals surface area contributed by atoms with E-state index in [1.807, 2.05) is 0 Å². The number of rotatable bonds is 5. The summed E-state index contributed by atoms with van der Waals surface area (Å²) in [5, 5.41) is 5.90. The van der Waals surface area contributed by atoms with Gasteiger partial charge in [-0.3, -0.25) is 0 Å². The van der Waals surface area contributed by atoms with Crippen molar-refractivity contribution < 1.29 is 4.74 Å². The van der Waals surface area contributed by atoms with Gasteiger partial charge in [0.05, 0.1) is 12.1 Å². The van der Waals surface area contributed by atoms with E-state index in [0.29, 0.717) is 17.4 Å². The Hall–Kier alpha value is -0.623. The first-order valence-electron chi connectivity index (χ1n) is 6.62. The van der Waals surface area contributed by atoms with Crippen LogP contribution in [0, 0.1) is 10.3 Å². The van der Waals surface area contributed by atoms with E-state index in [9.17, 15) is 0 Å². The van der Waals surface area contributed by atoms with E-state index in [-0.39, 0.29) is 0 Å². The van der Waals surface area contributed by atoms with Crippen molar-refractivity contribution in [3.05, 3.63) is 32.3 Å². The number of benzene rings is 1. The Morgan fingerprint density at radius 3 is 2.76 bits per heavy atom. The molecular weight excluding hydrogens is 417 g/mol. The minimum Gasteiger partial charge on any atom is -0.360 e. The monoisotopic (exact) mass is 433 g/mol. The third kappa shape index (κ3) is 4.19.